The quantitative estimate of drug-likeness (QED) is 0.940. The molecule has 0 radical (unpaired) electrons. The van der Waals surface area contributed by atoms with Gasteiger partial charge in [-0.05, 0) is 50.5 Å². The van der Waals surface area contributed by atoms with Gasteiger partial charge in [0.1, 0.15) is 5.56 Å². The Kier molecular flexibility index (Phi) is 3.79. The molecule has 1 N–H and O–H groups in total. The van der Waals surface area contributed by atoms with Crippen molar-refractivity contribution in [2.75, 3.05) is 0 Å². The summed E-state index contributed by atoms with van der Waals surface area (Å²) in [6, 6.07) is 7.70. The molecule has 0 spiro atoms. The van der Waals surface area contributed by atoms with E-state index in [0.717, 1.165) is 29.8 Å². The van der Waals surface area contributed by atoms with Crippen LogP contribution in [0.3, 0.4) is 0 Å². The Morgan fingerprint density at radius 3 is 2.77 bits per heavy atom. The van der Waals surface area contributed by atoms with Crippen molar-refractivity contribution < 1.29 is 4.79 Å². The molecule has 0 saturated heterocycles. The van der Waals surface area contributed by atoms with Crippen LogP contribution in [0, 0.1) is 13.8 Å². The molecule has 0 unspecified atom stereocenters. The molecular formula is C17H19N3O2. The van der Waals surface area contributed by atoms with Crippen molar-refractivity contribution in [3.05, 3.63) is 63.3 Å². The summed E-state index contributed by atoms with van der Waals surface area (Å²) in [5.74, 6) is -0.331. The lowest BCUT2D eigenvalue weighted by Crippen LogP contribution is -2.34. The molecular weight excluding hydrogens is 278 g/mol. The van der Waals surface area contributed by atoms with E-state index >= 15 is 0 Å². The monoisotopic (exact) mass is 297 g/mol. The van der Waals surface area contributed by atoms with E-state index in [1.165, 1.54) is 0 Å². The standard InChI is InChI=1S/C17H19N3O2/c1-11-9-12(2)20(14-6-7-14)17(22)15(11)16(21)19-10-13-5-3-4-8-18-13/h3-5,8-9,14H,6-7,10H2,1-2H3,(H,19,21). The molecule has 2 heterocycles. The number of pyridine rings is 2. The maximum atomic E-state index is 12.6. The van der Waals surface area contributed by atoms with Crippen LogP contribution in [0.25, 0.3) is 0 Å². The summed E-state index contributed by atoms with van der Waals surface area (Å²) in [5, 5.41) is 2.79. The van der Waals surface area contributed by atoms with Gasteiger partial charge in [-0.25, -0.2) is 0 Å². The number of carbonyl (C=O) groups is 1. The molecule has 0 aromatic carbocycles. The number of nitrogens with zero attached hydrogens (tertiary/aromatic N) is 2. The maximum Gasteiger partial charge on any atom is 0.264 e. The molecule has 5 heteroatoms. The first-order valence-electron chi connectivity index (χ1n) is 7.49. The van der Waals surface area contributed by atoms with Crippen LogP contribution in [-0.2, 0) is 6.54 Å². The molecule has 2 aromatic rings. The van der Waals surface area contributed by atoms with Crippen molar-refractivity contribution in [2.45, 2.75) is 39.3 Å². The number of aryl methyl sites for hydroxylation is 2. The van der Waals surface area contributed by atoms with E-state index in [0.29, 0.717) is 6.54 Å². The first kappa shape index (κ1) is 14.5. The summed E-state index contributed by atoms with van der Waals surface area (Å²) in [7, 11) is 0. The van der Waals surface area contributed by atoms with Crippen molar-refractivity contribution in [3.63, 3.8) is 0 Å². The molecule has 5 nitrogen and oxygen atoms in total. The number of hydrogen-bond donors (Lipinski definition) is 1. The van der Waals surface area contributed by atoms with Crippen LogP contribution in [0.1, 0.15) is 46.2 Å². The van der Waals surface area contributed by atoms with Crippen LogP contribution < -0.4 is 10.9 Å². The van der Waals surface area contributed by atoms with Gasteiger partial charge in [0.15, 0.2) is 0 Å². The minimum absolute atomic E-state index is 0.182. The summed E-state index contributed by atoms with van der Waals surface area (Å²) in [6.45, 7) is 4.04. The third-order valence-corrected chi connectivity index (χ3v) is 3.93. The molecule has 0 atom stereocenters. The summed E-state index contributed by atoms with van der Waals surface area (Å²) in [6.07, 6.45) is 3.70. The van der Waals surface area contributed by atoms with E-state index in [2.05, 4.69) is 10.3 Å². The van der Waals surface area contributed by atoms with E-state index in [-0.39, 0.29) is 23.1 Å². The van der Waals surface area contributed by atoms with Gasteiger partial charge in [-0.2, -0.15) is 0 Å². The summed E-state index contributed by atoms with van der Waals surface area (Å²) >= 11 is 0. The van der Waals surface area contributed by atoms with Gasteiger partial charge in [-0.15, -0.1) is 0 Å². The van der Waals surface area contributed by atoms with E-state index in [1.54, 1.807) is 17.7 Å². The Bertz CT molecular complexity index is 761. The fourth-order valence-corrected chi connectivity index (χ4v) is 2.73. The first-order chi connectivity index (χ1) is 10.6. The molecule has 1 saturated carbocycles. The highest BCUT2D eigenvalue weighted by Crippen LogP contribution is 2.34. The Balaban J connectivity index is 1.86. The maximum absolute atomic E-state index is 12.6. The smallest absolute Gasteiger partial charge is 0.264 e. The minimum atomic E-state index is -0.331. The van der Waals surface area contributed by atoms with Crippen molar-refractivity contribution in [1.29, 1.82) is 0 Å². The highest BCUT2D eigenvalue weighted by molar-refractivity contribution is 5.95. The molecule has 0 bridgehead atoms. The second-order valence-corrected chi connectivity index (χ2v) is 5.75. The highest BCUT2D eigenvalue weighted by atomic mass is 16.2. The Morgan fingerprint density at radius 1 is 1.36 bits per heavy atom. The van der Waals surface area contributed by atoms with Gasteiger partial charge in [0.05, 0.1) is 12.2 Å². The van der Waals surface area contributed by atoms with Gasteiger partial charge >= 0.3 is 0 Å². The summed E-state index contributed by atoms with van der Waals surface area (Å²) < 4.78 is 1.75. The van der Waals surface area contributed by atoms with Crippen LogP contribution in [0.5, 0.6) is 0 Å². The van der Waals surface area contributed by atoms with Gasteiger partial charge in [-0.3, -0.25) is 14.6 Å². The molecule has 1 aliphatic rings. The van der Waals surface area contributed by atoms with Gasteiger partial charge in [0.2, 0.25) is 0 Å². The zero-order valence-corrected chi connectivity index (χ0v) is 12.8. The number of rotatable bonds is 4. The van der Waals surface area contributed by atoms with Crippen molar-refractivity contribution in [1.82, 2.24) is 14.9 Å². The van der Waals surface area contributed by atoms with Crippen molar-refractivity contribution in [2.24, 2.45) is 0 Å². The van der Waals surface area contributed by atoms with Crippen LogP contribution in [0.15, 0.2) is 35.3 Å². The van der Waals surface area contributed by atoms with Gasteiger partial charge in [-0.1, -0.05) is 6.07 Å². The molecule has 1 aliphatic carbocycles. The normalized spacial score (nSPS) is 13.9. The number of nitrogens with one attached hydrogen (secondary N) is 1. The molecule has 1 amide bonds. The lowest BCUT2D eigenvalue weighted by atomic mass is 10.1. The van der Waals surface area contributed by atoms with Crippen LogP contribution in [-0.4, -0.2) is 15.5 Å². The van der Waals surface area contributed by atoms with Gasteiger partial charge in [0, 0.05) is 17.9 Å². The van der Waals surface area contributed by atoms with Gasteiger partial charge < -0.3 is 9.88 Å². The average Bonchev–Trinajstić information content (AvgIpc) is 3.30. The van der Waals surface area contributed by atoms with E-state index in [1.807, 2.05) is 31.2 Å². The lowest BCUT2D eigenvalue weighted by molar-refractivity contribution is 0.0947. The zero-order chi connectivity index (χ0) is 15.7. The molecule has 22 heavy (non-hydrogen) atoms. The predicted octanol–water partition coefficient (Wildman–Crippen LogP) is 2.13. The SMILES string of the molecule is Cc1cc(C)n(C2CC2)c(=O)c1C(=O)NCc1ccccn1. The average molecular weight is 297 g/mol. The van der Waals surface area contributed by atoms with E-state index in [4.69, 9.17) is 0 Å². The second-order valence-electron chi connectivity index (χ2n) is 5.75. The van der Waals surface area contributed by atoms with E-state index < -0.39 is 0 Å². The van der Waals surface area contributed by atoms with Crippen molar-refractivity contribution >= 4 is 5.91 Å². The fourth-order valence-electron chi connectivity index (χ4n) is 2.73. The van der Waals surface area contributed by atoms with Crippen molar-refractivity contribution in [3.8, 4) is 0 Å². The molecule has 1 fully saturated rings. The summed E-state index contributed by atoms with van der Waals surface area (Å²) in [5.41, 5.74) is 2.47. The number of amides is 1. The van der Waals surface area contributed by atoms with Crippen LogP contribution >= 0.6 is 0 Å². The fraction of sp³-hybridized carbons (Fsp3) is 0.353. The lowest BCUT2D eigenvalue weighted by Gasteiger charge is -2.13. The molecule has 0 aliphatic heterocycles. The molecule has 2 aromatic heterocycles. The number of hydrogen-bond acceptors (Lipinski definition) is 3. The summed E-state index contributed by atoms with van der Waals surface area (Å²) in [4.78, 5) is 29.2. The zero-order valence-electron chi connectivity index (χ0n) is 12.8. The number of carbonyl (C=O) groups excluding carboxylic acids is 1. The molecule has 114 valence electrons. The Morgan fingerprint density at radius 2 is 2.14 bits per heavy atom. The topological polar surface area (TPSA) is 64.0 Å². The highest BCUT2D eigenvalue weighted by Gasteiger charge is 2.28. The van der Waals surface area contributed by atoms with E-state index in [9.17, 15) is 9.59 Å². The predicted molar refractivity (Wildman–Crippen MR) is 83.9 cm³/mol. The Labute approximate surface area is 129 Å². The van der Waals surface area contributed by atoms with Crippen LogP contribution in [0.4, 0.5) is 0 Å². The molecule has 3 rings (SSSR count). The number of aromatic nitrogens is 2. The first-order valence-corrected chi connectivity index (χ1v) is 7.49. The second kappa shape index (κ2) is 5.75. The Hall–Kier alpha value is -2.43. The van der Waals surface area contributed by atoms with Gasteiger partial charge in [0.25, 0.3) is 11.5 Å². The third kappa shape index (κ3) is 2.79. The largest absolute Gasteiger partial charge is 0.346 e. The third-order valence-electron chi connectivity index (χ3n) is 3.93. The van der Waals surface area contributed by atoms with Crippen LogP contribution in [0.2, 0.25) is 0 Å². The minimum Gasteiger partial charge on any atom is -0.346 e.